The van der Waals surface area contributed by atoms with Crippen molar-refractivity contribution in [3.63, 3.8) is 0 Å². The highest BCUT2D eigenvalue weighted by Crippen LogP contribution is 2.24. The summed E-state index contributed by atoms with van der Waals surface area (Å²) in [6.45, 7) is 5.28. The van der Waals surface area contributed by atoms with Gasteiger partial charge in [0.15, 0.2) is 0 Å². The molecule has 0 bridgehead atoms. The Morgan fingerprint density at radius 3 is 2.42 bits per heavy atom. The monoisotopic (exact) mass is 483 g/mol. The first kappa shape index (κ1) is 24.1. The van der Waals surface area contributed by atoms with E-state index in [-0.39, 0.29) is 12.0 Å². The zero-order valence-electron chi connectivity index (χ0n) is 20.6. The Morgan fingerprint density at radius 1 is 1.00 bits per heavy atom. The van der Waals surface area contributed by atoms with E-state index in [4.69, 9.17) is 10.00 Å². The van der Waals surface area contributed by atoms with Crippen molar-refractivity contribution in [3.8, 4) is 11.8 Å². The third-order valence-electron chi connectivity index (χ3n) is 7.36. The second-order valence-electron chi connectivity index (χ2n) is 9.79. The summed E-state index contributed by atoms with van der Waals surface area (Å²) in [5.74, 6) is 0.961. The Morgan fingerprint density at radius 2 is 1.72 bits per heavy atom. The van der Waals surface area contributed by atoms with E-state index in [1.165, 1.54) is 5.56 Å². The Hall–Kier alpha value is -3.63. The van der Waals surface area contributed by atoms with Crippen LogP contribution in [0, 0.1) is 11.3 Å². The zero-order valence-corrected chi connectivity index (χ0v) is 20.6. The van der Waals surface area contributed by atoms with E-state index in [0.29, 0.717) is 24.7 Å². The molecule has 1 amide bonds. The largest absolute Gasteiger partial charge is 0.490 e. The summed E-state index contributed by atoms with van der Waals surface area (Å²) in [4.78, 5) is 24.1. The minimum absolute atomic E-state index is 0.122. The number of ether oxygens (including phenoxy) is 1. The molecule has 7 nitrogen and oxygen atoms in total. The smallest absolute Gasteiger partial charge is 0.255 e. The van der Waals surface area contributed by atoms with Crippen LogP contribution in [0.3, 0.4) is 0 Å². The Balaban J connectivity index is 1.10. The summed E-state index contributed by atoms with van der Waals surface area (Å²) in [5, 5.41) is 8.98. The fraction of sp³-hybridized carbons (Fsp3) is 0.414. The maximum Gasteiger partial charge on any atom is 0.255 e. The fourth-order valence-electron chi connectivity index (χ4n) is 5.28. The van der Waals surface area contributed by atoms with Gasteiger partial charge in [-0.25, -0.2) is 0 Å². The van der Waals surface area contributed by atoms with Gasteiger partial charge >= 0.3 is 0 Å². The van der Waals surface area contributed by atoms with E-state index in [2.05, 4.69) is 45.3 Å². The molecule has 1 aromatic carbocycles. The Labute approximate surface area is 213 Å². The van der Waals surface area contributed by atoms with Crippen molar-refractivity contribution in [2.24, 2.45) is 0 Å². The topological polar surface area (TPSA) is 72.7 Å². The molecule has 36 heavy (non-hydrogen) atoms. The van der Waals surface area contributed by atoms with Gasteiger partial charge in [0, 0.05) is 76.7 Å². The second kappa shape index (κ2) is 11.4. The van der Waals surface area contributed by atoms with Gasteiger partial charge in [-0.15, -0.1) is 0 Å². The van der Waals surface area contributed by atoms with Crippen LogP contribution >= 0.6 is 0 Å². The van der Waals surface area contributed by atoms with Crippen LogP contribution < -0.4 is 4.74 Å². The molecule has 4 heterocycles. The number of amides is 1. The van der Waals surface area contributed by atoms with Crippen LogP contribution in [0.1, 0.15) is 36.8 Å². The molecular weight excluding hydrogens is 450 g/mol. The van der Waals surface area contributed by atoms with Crippen LogP contribution in [0.4, 0.5) is 0 Å². The molecule has 186 valence electrons. The van der Waals surface area contributed by atoms with E-state index < -0.39 is 0 Å². The van der Waals surface area contributed by atoms with Crippen molar-refractivity contribution >= 4 is 5.91 Å². The summed E-state index contributed by atoms with van der Waals surface area (Å²) >= 11 is 0. The lowest BCUT2D eigenvalue weighted by Crippen LogP contribution is -2.45. The first-order valence-corrected chi connectivity index (χ1v) is 12.9. The molecule has 2 aromatic rings. The van der Waals surface area contributed by atoms with Crippen molar-refractivity contribution in [1.82, 2.24) is 19.7 Å². The fourth-order valence-corrected chi connectivity index (χ4v) is 5.28. The lowest BCUT2D eigenvalue weighted by molar-refractivity contribution is -0.128. The number of hydrogen-bond donors (Lipinski definition) is 0. The van der Waals surface area contributed by atoms with E-state index in [1.807, 2.05) is 35.2 Å². The molecule has 7 heteroatoms. The number of nitriles is 1. The summed E-state index contributed by atoms with van der Waals surface area (Å²) < 4.78 is 6.05. The minimum atomic E-state index is 0.122. The number of nitrogens with zero attached hydrogens (tertiary/aromatic N) is 5. The number of hydrogen-bond acceptors (Lipinski definition) is 6. The van der Waals surface area contributed by atoms with Gasteiger partial charge in [-0.2, -0.15) is 5.26 Å². The van der Waals surface area contributed by atoms with E-state index in [0.717, 1.165) is 63.2 Å². The van der Waals surface area contributed by atoms with Crippen molar-refractivity contribution < 1.29 is 9.53 Å². The Kier molecular flexibility index (Phi) is 7.63. The molecule has 0 atom stereocenters. The van der Waals surface area contributed by atoms with Crippen LogP contribution in [0.15, 0.2) is 72.7 Å². The summed E-state index contributed by atoms with van der Waals surface area (Å²) in [6.07, 6.45) is 13.6. The average Bonchev–Trinajstić information content (AvgIpc) is 2.94. The van der Waals surface area contributed by atoms with Gasteiger partial charge in [-0.3, -0.25) is 14.7 Å². The number of carbonyl (C=O) groups is 1. The summed E-state index contributed by atoms with van der Waals surface area (Å²) in [7, 11) is 0. The van der Waals surface area contributed by atoms with Crippen molar-refractivity contribution in [3.05, 3.63) is 83.8 Å². The Bertz CT molecular complexity index is 1120. The molecular formula is C29H33N5O2. The van der Waals surface area contributed by atoms with Crippen LogP contribution in [-0.2, 0) is 11.3 Å². The van der Waals surface area contributed by atoms with Crippen LogP contribution in [0.5, 0.6) is 5.75 Å². The number of aromatic nitrogens is 1. The summed E-state index contributed by atoms with van der Waals surface area (Å²) in [5.41, 5.74) is 2.74. The second-order valence-corrected chi connectivity index (χ2v) is 9.79. The van der Waals surface area contributed by atoms with E-state index >= 15 is 0 Å². The lowest BCUT2D eigenvalue weighted by Gasteiger charge is -2.39. The predicted molar refractivity (Wildman–Crippen MR) is 138 cm³/mol. The number of likely N-dealkylation sites (tertiary alicyclic amines) is 2. The van der Waals surface area contributed by atoms with Gasteiger partial charge in [0.25, 0.3) is 5.91 Å². The lowest BCUT2D eigenvalue weighted by atomic mass is 10.0. The highest BCUT2D eigenvalue weighted by atomic mass is 16.5. The normalized spacial score (nSPS) is 19.6. The van der Waals surface area contributed by atoms with Gasteiger partial charge < -0.3 is 14.5 Å². The third-order valence-corrected chi connectivity index (χ3v) is 7.36. The van der Waals surface area contributed by atoms with Gasteiger partial charge in [-0.1, -0.05) is 24.3 Å². The molecule has 0 radical (unpaired) electrons. The standard InChI is InChI=1S/C29H33N5O2/c30-20-23-3-5-24(6-4-23)21-32-16-9-26(10-17-32)34-15-1-2-25(22-34)29(35)33-18-11-28(12-19-33)36-27-7-13-31-14-8-27/h1-8,13-14,22,26,28H,9-12,15-19,21H2. The molecule has 0 saturated carbocycles. The number of rotatable bonds is 6. The molecule has 2 saturated heterocycles. The van der Waals surface area contributed by atoms with Gasteiger partial charge in [0.2, 0.25) is 0 Å². The molecule has 0 aliphatic carbocycles. The average molecular weight is 484 g/mol. The first-order chi connectivity index (χ1) is 17.7. The van der Waals surface area contributed by atoms with Gasteiger partial charge in [0.05, 0.1) is 17.2 Å². The van der Waals surface area contributed by atoms with Crippen molar-refractivity contribution in [2.45, 2.75) is 44.4 Å². The molecule has 3 aliphatic heterocycles. The highest BCUT2D eigenvalue weighted by Gasteiger charge is 2.28. The molecule has 0 spiro atoms. The maximum atomic E-state index is 13.2. The first-order valence-electron chi connectivity index (χ1n) is 12.9. The number of pyridine rings is 1. The minimum Gasteiger partial charge on any atom is -0.490 e. The predicted octanol–water partition coefficient (Wildman–Crippen LogP) is 3.74. The van der Waals surface area contributed by atoms with Crippen LogP contribution in [0.2, 0.25) is 0 Å². The zero-order chi connectivity index (χ0) is 24.7. The van der Waals surface area contributed by atoms with Crippen LogP contribution in [-0.4, -0.2) is 70.5 Å². The number of piperidine rings is 2. The van der Waals surface area contributed by atoms with E-state index in [1.54, 1.807) is 12.4 Å². The quantitative estimate of drug-likeness (QED) is 0.623. The molecule has 0 unspecified atom stereocenters. The van der Waals surface area contributed by atoms with Gasteiger partial charge in [-0.05, 0) is 42.7 Å². The summed E-state index contributed by atoms with van der Waals surface area (Å²) in [6, 6.07) is 14.3. The third kappa shape index (κ3) is 5.95. The van der Waals surface area contributed by atoms with Crippen LogP contribution in [0.25, 0.3) is 0 Å². The maximum absolute atomic E-state index is 13.2. The van der Waals surface area contributed by atoms with Crippen molar-refractivity contribution in [2.75, 3.05) is 32.7 Å². The highest BCUT2D eigenvalue weighted by molar-refractivity contribution is 5.96. The van der Waals surface area contributed by atoms with Gasteiger partial charge in [0.1, 0.15) is 11.9 Å². The number of benzene rings is 1. The molecule has 0 N–H and O–H groups in total. The molecule has 1 aromatic heterocycles. The number of carbonyl (C=O) groups excluding carboxylic acids is 1. The molecule has 2 fully saturated rings. The van der Waals surface area contributed by atoms with Crippen molar-refractivity contribution in [1.29, 1.82) is 5.26 Å². The SMILES string of the molecule is N#Cc1ccc(CN2CCC(N3C=C(C(=O)N4CCC(Oc5ccncc5)CC4)C=CC3)CC2)cc1. The molecule has 3 aliphatic rings. The van der Waals surface area contributed by atoms with E-state index in [9.17, 15) is 4.79 Å². The molecule has 5 rings (SSSR count).